The molecule has 0 saturated carbocycles. The van der Waals surface area contributed by atoms with Crippen LogP contribution in [0.2, 0.25) is 0 Å². The third kappa shape index (κ3) is 1.87. The summed E-state index contributed by atoms with van der Waals surface area (Å²) < 4.78 is -0.0160. The van der Waals surface area contributed by atoms with E-state index in [-0.39, 0.29) is 10.2 Å². The van der Waals surface area contributed by atoms with E-state index in [2.05, 4.69) is 36.5 Å². The molecule has 0 aliphatic carbocycles. The van der Waals surface area contributed by atoms with E-state index in [1.165, 1.54) is 11.1 Å². The van der Waals surface area contributed by atoms with Crippen molar-refractivity contribution in [1.29, 1.82) is 0 Å². The van der Waals surface area contributed by atoms with Crippen molar-refractivity contribution < 1.29 is 4.65 Å². The number of nitrogens with zero attached hydrogens (tertiary/aromatic N) is 1. The molecule has 1 fully saturated rings. The van der Waals surface area contributed by atoms with Gasteiger partial charge in [0.2, 0.25) is 0 Å². The molecular formula is C15H22N2O. The average molecular weight is 246 g/mol. The van der Waals surface area contributed by atoms with Gasteiger partial charge >= 0.3 is 0 Å². The van der Waals surface area contributed by atoms with Crippen LogP contribution in [0, 0.1) is 5.21 Å². The summed E-state index contributed by atoms with van der Waals surface area (Å²) in [5.41, 5.74) is 2.70. The highest BCUT2D eigenvalue weighted by Gasteiger charge is 2.45. The molecule has 1 aromatic carbocycles. The Bertz CT molecular complexity index is 440. The molecule has 1 spiro atoms. The highest BCUT2D eigenvalue weighted by molar-refractivity contribution is 5.38. The molecule has 0 aromatic heterocycles. The maximum absolute atomic E-state index is 12.8. The van der Waals surface area contributed by atoms with Crippen molar-refractivity contribution in [3.8, 4) is 0 Å². The summed E-state index contributed by atoms with van der Waals surface area (Å²) in [5, 5.41) is 16.4. The molecule has 1 N–H and O–H groups in total. The minimum Gasteiger partial charge on any atom is -0.633 e. The highest BCUT2D eigenvalue weighted by Crippen LogP contribution is 2.40. The smallest absolute Gasteiger partial charge is 0.101 e. The number of hydroxylamine groups is 3. The van der Waals surface area contributed by atoms with Gasteiger partial charge in [-0.1, -0.05) is 31.2 Å². The number of fused-ring (bicyclic) bond motifs is 2. The van der Waals surface area contributed by atoms with E-state index < -0.39 is 0 Å². The van der Waals surface area contributed by atoms with Gasteiger partial charge in [-0.2, -0.15) is 0 Å². The van der Waals surface area contributed by atoms with E-state index in [1.54, 1.807) is 0 Å². The predicted molar refractivity (Wildman–Crippen MR) is 72.7 cm³/mol. The Hall–Kier alpha value is -0.900. The number of rotatable bonds is 2. The summed E-state index contributed by atoms with van der Waals surface area (Å²) in [6, 6.07) is 8.58. The molecule has 1 saturated heterocycles. The lowest BCUT2D eigenvalue weighted by Crippen LogP contribution is -2.59. The quantitative estimate of drug-likeness (QED) is 0.643. The van der Waals surface area contributed by atoms with E-state index in [4.69, 9.17) is 0 Å². The maximum Gasteiger partial charge on any atom is 0.101 e. The number of nitrogens with one attached hydrogen (secondary N) is 1. The summed E-state index contributed by atoms with van der Waals surface area (Å²) in [4.78, 5) is 0. The van der Waals surface area contributed by atoms with Crippen LogP contribution < -0.4 is 5.32 Å². The normalized spacial score (nSPS) is 34.8. The fraction of sp³-hybridized carbons (Fsp3) is 0.600. The summed E-state index contributed by atoms with van der Waals surface area (Å²) in [5.74, 6) is 0. The van der Waals surface area contributed by atoms with E-state index in [0.717, 1.165) is 38.9 Å². The summed E-state index contributed by atoms with van der Waals surface area (Å²) in [6.45, 7) is 5.28. The largest absolute Gasteiger partial charge is 0.633 e. The minimum atomic E-state index is -0.0498. The molecule has 0 bridgehead atoms. The number of hydrogen-bond acceptors (Lipinski definition) is 2. The summed E-state index contributed by atoms with van der Waals surface area (Å²) in [7, 11) is 0. The van der Waals surface area contributed by atoms with E-state index in [9.17, 15) is 5.21 Å². The van der Waals surface area contributed by atoms with Gasteiger partial charge in [-0.25, -0.2) is 0 Å². The van der Waals surface area contributed by atoms with Gasteiger partial charge in [0.1, 0.15) is 6.54 Å². The summed E-state index contributed by atoms with van der Waals surface area (Å²) in [6.07, 6.45) is 3.11. The molecule has 3 heteroatoms. The lowest BCUT2D eigenvalue weighted by atomic mass is 9.82. The van der Waals surface area contributed by atoms with Gasteiger partial charge in [-0.3, -0.25) is 5.32 Å². The number of piperidine rings is 1. The standard InChI is InChI=1S/C15H22N2O/c1-2-9-17(18)10-5-8-15(12-17)14-7-4-3-6-13(14)11-16-15/h3-4,6-7,16H,2,5,8-12H2,1H3. The zero-order chi connectivity index (χ0) is 12.6. The third-order valence-corrected chi connectivity index (χ3v) is 4.51. The fourth-order valence-electron chi connectivity index (χ4n) is 3.78. The van der Waals surface area contributed by atoms with Crippen LogP contribution in [0.1, 0.15) is 37.3 Å². The molecule has 98 valence electrons. The van der Waals surface area contributed by atoms with Crippen molar-refractivity contribution in [3.05, 3.63) is 40.6 Å². The monoisotopic (exact) mass is 246 g/mol. The number of hydrogen-bond donors (Lipinski definition) is 1. The van der Waals surface area contributed by atoms with Gasteiger partial charge in [0.15, 0.2) is 0 Å². The van der Waals surface area contributed by atoms with Gasteiger partial charge in [-0.15, -0.1) is 0 Å². The number of quaternary nitrogens is 1. The van der Waals surface area contributed by atoms with Crippen molar-refractivity contribution >= 4 is 0 Å². The zero-order valence-corrected chi connectivity index (χ0v) is 11.1. The second kappa shape index (κ2) is 4.34. The van der Waals surface area contributed by atoms with Crippen molar-refractivity contribution in [2.24, 2.45) is 0 Å². The highest BCUT2D eigenvalue weighted by atomic mass is 16.5. The van der Waals surface area contributed by atoms with E-state index >= 15 is 0 Å². The Kier molecular flexibility index (Phi) is 2.93. The van der Waals surface area contributed by atoms with Crippen LogP contribution in [0.15, 0.2) is 24.3 Å². The molecule has 18 heavy (non-hydrogen) atoms. The average Bonchev–Trinajstić information content (AvgIpc) is 2.69. The van der Waals surface area contributed by atoms with Crippen LogP contribution in [-0.2, 0) is 12.1 Å². The van der Waals surface area contributed by atoms with Crippen LogP contribution in [-0.4, -0.2) is 24.3 Å². The predicted octanol–water partition coefficient (Wildman–Crippen LogP) is 2.50. The lowest BCUT2D eigenvalue weighted by Gasteiger charge is -2.52. The van der Waals surface area contributed by atoms with Gasteiger partial charge in [0.05, 0.1) is 18.6 Å². The topological polar surface area (TPSA) is 35.1 Å². The first kappa shape index (κ1) is 12.2. The fourth-order valence-corrected chi connectivity index (χ4v) is 3.78. The van der Waals surface area contributed by atoms with E-state index in [0.29, 0.717) is 6.54 Å². The lowest BCUT2D eigenvalue weighted by molar-refractivity contribution is -0.891. The second-order valence-electron chi connectivity index (χ2n) is 5.86. The summed E-state index contributed by atoms with van der Waals surface area (Å²) >= 11 is 0. The first-order valence-electron chi connectivity index (χ1n) is 7.08. The number of likely N-dealkylation sites (tertiary alicyclic amines) is 1. The zero-order valence-electron chi connectivity index (χ0n) is 11.1. The Morgan fingerprint density at radius 2 is 2.22 bits per heavy atom. The Morgan fingerprint density at radius 3 is 3.06 bits per heavy atom. The second-order valence-corrected chi connectivity index (χ2v) is 5.86. The first-order valence-corrected chi connectivity index (χ1v) is 7.08. The SMILES string of the molecule is CCC[N+]1([O-])CCCC2(C1)NCc1ccccc12. The molecular weight excluding hydrogens is 224 g/mol. The van der Waals surface area contributed by atoms with Crippen molar-refractivity contribution in [1.82, 2.24) is 5.32 Å². The van der Waals surface area contributed by atoms with Crippen LogP contribution in [0.25, 0.3) is 0 Å². The Morgan fingerprint density at radius 1 is 1.39 bits per heavy atom. The Labute approximate surface area is 109 Å². The van der Waals surface area contributed by atoms with Gasteiger partial charge in [0, 0.05) is 6.54 Å². The molecule has 2 unspecified atom stereocenters. The molecule has 0 amide bonds. The van der Waals surface area contributed by atoms with Crippen LogP contribution in [0.3, 0.4) is 0 Å². The molecule has 2 aliphatic rings. The van der Waals surface area contributed by atoms with E-state index in [1.807, 2.05) is 0 Å². The first-order chi connectivity index (χ1) is 8.68. The molecule has 2 atom stereocenters. The maximum atomic E-state index is 12.8. The van der Waals surface area contributed by atoms with Crippen molar-refractivity contribution in [3.63, 3.8) is 0 Å². The molecule has 2 heterocycles. The number of benzene rings is 1. The molecule has 3 nitrogen and oxygen atoms in total. The van der Waals surface area contributed by atoms with Crippen LogP contribution in [0.5, 0.6) is 0 Å². The molecule has 3 rings (SSSR count). The Balaban J connectivity index is 1.92. The molecule has 0 radical (unpaired) electrons. The molecule has 2 aliphatic heterocycles. The third-order valence-electron chi connectivity index (χ3n) is 4.51. The van der Waals surface area contributed by atoms with Gasteiger partial charge < -0.3 is 9.85 Å². The van der Waals surface area contributed by atoms with Crippen molar-refractivity contribution in [2.45, 2.75) is 38.3 Å². The molecule has 1 aromatic rings. The van der Waals surface area contributed by atoms with Crippen LogP contribution in [0.4, 0.5) is 0 Å². The van der Waals surface area contributed by atoms with Gasteiger partial charge in [-0.05, 0) is 30.4 Å². The van der Waals surface area contributed by atoms with Crippen molar-refractivity contribution in [2.75, 3.05) is 19.6 Å². The van der Waals surface area contributed by atoms with Gasteiger partial charge in [0.25, 0.3) is 0 Å². The minimum absolute atomic E-state index is 0.0160. The van der Waals surface area contributed by atoms with Crippen LogP contribution >= 0.6 is 0 Å².